The van der Waals surface area contributed by atoms with Gasteiger partial charge in [0.05, 0.1) is 6.20 Å². The van der Waals surface area contributed by atoms with Crippen LogP contribution < -0.4 is 10.5 Å². The maximum Gasteiger partial charge on any atom is 0.255 e. The summed E-state index contributed by atoms with van der Waals surface area (Å²) in [4.78, 5) is 0. The highest BCUT2D eigenvalue weighted by Gasteiger charge is 2.18. The van der Waals surface area contributed by atoms with E-state index in [2.05, 4.69) is 24.3 Å². The van der Waals surface area contributed by atoms with Crippen molar-refractivity contribution in [3.8, 4) is 0 Å². The van der Waals surface area contributed by atoms with E-state index in [1.54, 1.807) is 7.05 Å². The second-order valence-corrected chi connectivity index (χ2v) is 5.65. The molecule has 0 bridgehead atoms. The normalized spacial score (nSPS) is 12.3. The fourth-order valence-corrected chi connectivity index (χ4v) is 2.36. The molecule has 0 unspecified atom stereocenters. The van der Waals surface area contributed by atoms with Crippen molar-refractivity contribution >= 4 is 10.0 Å². The first kappa shape index (κ1) is 13.1. The van der Waals surface area contributed by atoms with Crippen LogP contribution >= 0.6 is 0 Å². The van der Waals surface area contributed by atoms with Gasteiger partial charge in [-0.2, -0.15) is 5.10 Å². The standard InChI is InChI=1S/C9H18N4O2S/c1-7(2)4-11-5-8-6-12-13(3)9(8)16(10,14)15/h6-7,11H,4-5H2,1-3H3,(H2,10,14,15). The van der Waals surface area contributed by atoms with Crippen LogP contribution in [0, 0.1) is 5.92 Å². The first-order chi connectivity index (χ1) is 7.32. The Kier molecular flexibility index (Phi) is 4.06. The number of rotatable bonds is 5. The number of sulfonamides is 1. The Labute approximate surface area is 95.9 Å². The lowest BCUT2D eigenvalue weighted by molar-refractivity contribution is 0.543. The molecule has 0 saturated heterocycles. The number of hydrogen-bond acceptors (Lipinski definition) is 4. The predicted octanol–water partition coefficient (Wildman–Crippen LogP) is -0.187. The molecule has 16 heavy (non-hydrogen) atoms. The van der Waals surface area contributed by atoms with Crippen LogP contribution in [0.3, 0.4) is 0 Å². The molecule has 0 aromatic carbocycles. The molecule has 92 valence electrons. The summed E-state index contributed by atoms with van der Waals surface area (Å²) in [7, 11) is -2.15. The van der Waals surface area contributed by atoms with E-state index in [9.17, 15) is 8.42 Å². The molecule has 1 aromatic heterocycles. The minimum absolute atomic E-state index is 0.0729. The highest BCUT2D eigenvalue weighted by molar-refractivity contribution is 7.89. The molecule has 0 aliphatic rings. The highest BCUT2D eigenvalue weighted by Crippen LogP contribution is 2.12. The lowest BCUT2D eigenvalue weighted by Gasteiger charge is -2.07. The monoisotopic (exact) mass is 246 g/mol. The number of nitrogens with zero attached hydrogens (tertiary/aromatic N) is 2. The van der Waals surface area contributed by atoms with Crippen molar-refractivity contribution in [2.45, 2.75) is 25.4 Å². The molecule has 0 spiro atoms. The summed E-state index contributed by atoms with van der Waals surface area (Å²) in [6.07, 6.45) is 1.52. The van der Waals surface area contributed by atoms with Crippen molar-refractivity contribution in [2.24, 2.45) is 18.1 Å². The third-order valence-electron chi connectivity index (χ3n) is 2.09. The van der Waals surface area contributed by atoms with Gasteiger partial charge in [0.1, 0.15) is 0 Å². The molecule has 0 fully saturated rings. The zero-order chi connectivity index (χ0) is 12.3. The predicted molar refractivity (Wildman–Crippen MR) is 61.1 cm³/mol. The first-order valence-corrected chi connectivity index (χ1v) is 6.61. The summed E-state index contributed by atoms with van der Waals surface area (Å²) in [6, 6.07) is 0. The van der Waals surface area contributed by atoms with Gasteiger partial charge in [0.15, 0.2) is 5.03 Å². The zero-order valence-electron chi connectivity index (χ0n) is 9.77. The lowest BCUT2D eigenvalue weighted by atomic mass is 10.2. The van der Waals surface area contributed by atoms with Crippen LogP contribution in [0.1, 0.15) is 19.4 Å². The maximum absolute atomic E-state index is 11.3. The van der Waals surface area contributed by atoms with Gasteiger partial charge < -0.3 is 5.32 Å². The molecule has 0 aliphatic heterocycles. The van der Waals surface area contributed by atoms with Crippen molar-refractivity contribution in [3.63, 3.8) is 0 Å². The van der Waals surface area contributed by atoms with E-state index >= 15 is 0 Å². The van der Waals surface area contributed by atoms with E-state index in [1.807, 2.05) is 0 Å². The number of aromatic nitrogens is 2. The largest absolute Gasteiger partial charge is 0.312 e. The van der Waals surface area contributed by atoms with E-state index in [-0.39, 0.29) is 5.03 Å². The van der Waals surface area contributed by atoms with E-state index in [1.165, 1.54) is 10.9 Å². The van der Waals surface area contributed by atoms with Gasteiger partial charge in [0.2, 0.25) is 0 Å². The molecule has 0 radical (unpaired) electrons. The SMILES string of the molecule is CC(C)CNCc1cnn(C)c1S(N)(=O)=O. The van der Waals surface area contributed by atoms with Gasteiger partial charge in [0.25, 0.3) is 10.0 Å². The van der Waals surface area contributed by atoms with Gasteiger partial charge in [-0.15, -0.1) is 0 Å². The number of primary sulfonamides is 1. The Bertz CT molecular complexity index is 450. The van der Waals surface area contributed by atoms with Crippen LogP contribution in [0.5, 0.6) is 0 Å². The second-order valence-electron chi connectivity index (χ2n) is 4.17. The summed E-state index contributed by atoms with van der Waals surface area (Å²) in [5, 5.41) is 12.2. The third kappa shape index (κ3) is 3.29. The van der Waals surface area contributed by atoms with E-state index in [4.69, 9.17) is 5.14 Å². The summed E-state index contributed by atoms with van der Waals surface area (Å²) >= 11 is 0. The first-order valence-electron chi connectivity index (χ1n) is 5.06. The average Bonchev–Trinajstić information content (AvgIpc) is 2.45. The van der Waals surface area contributed by atoms with Crippen LogP contribution in [0.25, 0.3) is 0 Å². The molecule has 6 nitrogen and oxygen atoms in total. The molecule has 7 heteroatoms. The summed E-state index contributed by atoms with van der Waals surface area (Å²) in [6.45, 7) is 5.43. The van der Waals surface area contributed by atoms with E-state index in [0.717, 1.165) is 6.54 Å². The number of aryl methyl sites for hydroxylation is 1. The van der Waals surface area contributed by atoms with Crippen molar-refractivity contribution < 1.29 is 8.42 Å². The average molecular weight is 246 g/mol. The van der Waals surface area contributed by atoms with Crippen molar-refractivity contribution in [1.82, 2.24) is 15.1 Å². The molecule has 1 rings (SSSR count). The van der Waals surface area contributed by atoms with Gasteiger partial charge in [-0.3, -0.25) is 4.68 Å². The van der Waals surface area contributed by atoms with Gasteiger partial charge in [-0.05, 0) is 12.5 Å². The summed E-state index contributed by atoms with van der Waals surface area (Å²) in [5.41, 5.74) is 0.602. The fraction of sp³-hybridized carbons (Fsp3) is 0.667. The van der Waals surface area contributed by atoms with Gasteiger partial charge in [-0.25, -0.2) is 13.6 Å². The molecule has 0 aliphatic carbocycles. The minimum atomic E-state index is -3.71. The van der Waals surface area contributed by atoms with Gasteiger partial charge in [-0.1, -0.05) is 13.8 Å². The Morgan fingerprint density at radius 3 is 2.69 bits per heavy atom. The lowest BCUT2D eigenvalue weighted by Crippen LogP contribution is -2.22. The Hall–Kier alpha value is -0.920. The van der Waals surface area contributed by atoms with Crippen LogP contribution in [0.15, 0.2) is 11.2 Å². The van der Waals surface area contributed by atoms with Crippen molar-refractivity contribution in [1.29, 1.82) is 0 Å². The van der Waals surface area contributed by atoms with Crippen LogP contribution in [-0.2, 0) is 23.6 Å². The summed E-state index contributed by atoms with van der Waals surface area (Å²) in [5.74, 6) is 0.509. The second kappa shape index (κ2) is 4.94. The Morgan fingerprint density at radius 2 is 2.19 bits per heavy atom. The molecule has 1 aromatic rings. The van der Waals surface area contributed by atoms with Crippen molar-refractivity contribution in [2.75, 3.05) is 6.54 Å². The number of hydrogen-bond donors (Lipinski definition) is 2. The van der Waals surface area contributed by atoms with E-state index in [0.29, 0.717) is 18.0 Å². The van der Waals surface area contributed by atoms with Crippen molar-refractivity contribution in [3.05, 3.63) is 11.8 Å². The van der Waals surface area contributed by atoms with Gasteiger partial charge in [0, 0.05) is 19.2 Å². The number of nitrogens with two attached hydrogens (primary N) is 1. The maximum atomic E-state index is 11.3. The van der Waals surface area contributed by atoms with Crippen LogP contribution in [0.4, 0.5) is 0 Å². The molecule has 3 N–H and O–H groups in total. The van der Waals surface area contributed by atoms with E-state index < -0.39 is 10.0 Å². The smallest absolute Gasteiger partial charge is 0.255 e. The Balaban J connectivity index is 2.82. The third-order valence-corrected chi connectivity index (χ3v) is 3.16. The Morgan fingerprint density at radius 1 is 1.56 bits per heavy atom. The number of nitrogens with one attached hydrogen (secondary N) is 1. The molecule has 0 saturated carbocycles. The zero-order valence-corrected chi connectivity index (χ0v) is 10.6. The molecular formula is C9H18N4O2S. The summed E-state index contributed by atoms with van der Waals surface area (Å²) < 4.78 is 23.9. The molecule has 0 atom stereocenters. The molecule has 1 heterocycles. The molecular weight excluding hydrogens is 228 g/mol. The van der Waals surface area contributed by atoms with Crippen LogP contribution in [-0.4, -0.2) is 24.7 Å². The fourth-order valence-electron chi connectivity index (χ4n) is 1.46. The minimum Gasteiger partial charge on any atom is -0.312 e. The van der Waals surface area contributed by atoms with Gasteiger partial charge >= 0.3 is 0 Å². The quantitative estimate of drug-likeness (QED) is 0.753. The molecule has 0 amide bonds. The van der Waals surface area contributed by atoms with Crippen LogP contribution in [0.2, 0.25) is 0 Å². The highest BCUT2D eigenvalue weighted by atomic mass is 32.2. The topological polar surface area (TPSA) is 90.0 Å².